The number of rotatable bonds is 18. The molecule has 6 aromatic rings. The predicted molar refractivity (Wildman–Crippen MR) is 388 cm³/mol. The number of halogens is 3. The summed E-state index contributed by atoms with van der Waals surface area (Å²) in [6, 6.07) is 18.5. The number of anilines is 6. The lowest BCUT2D eigenvalue weighted by Crippen LogP contribution is -2.50. The van der Waals surface area contributed by atoms with Crippen molar-refractivity contribution in [2.45, 2.75) is 110 Å². The van der Waals surface area contributed by atoms with Crippen molar-refractivity contribution in [1.82, 2.24) is 43.4 Å². The number of hydrogen-bond donors (Lipinski definition) is 4. The number of aliphatic hydroxyl groups is 1. The van der Waals surface area contributed by atoms with Gasteiger partial charge >= 0.3 is 0 Å². The van der Waals surface area contributed by atoms with E-state index in [1.54, 1.807) is 36.0 Å². The number of ether oxygens (including phenoxy) is 3. The Kier molecular flexibility index (Phi) is 20.7. The molecule has 0 bridgehead atoms. The van der Waals surface area contributed by atoms with Crippen molar-refractivity contribution in [3.05, 3.63) is 102 Å². The van der Waals surface area contributed by atoms with E-state index >= 15 is 0 Å². The fourth-order valence-corrected chi connectivity index (χ4v) is 17.4. The second kappa shape index (κ2) is 29.5. The quantitative estimate of drug-likeness (QED) is 0.0625. The SMILES string of the molecule is CCN1C(=O)c2c(nc(NC3CCSCC3)n2Cc2ccc(OC)c(Br)c2)N2CCN=C12.CCN1C(=O)c2c(nc(NC3CCSCC3)n2Cc2ccc(OC)c(Cl)c2)N2CCN=C12.CCN1C(=O)c2c(nc(N[C@@H]3CC[C@H](O)C3)n2Cc2ccc(OC)c(Br)c2)N2CCN=C12. The van der Waals surface area contributed by atoms with Crippen LogP contribution in [-0.4, -0.2) is 212 Å². The molecule has 0 unspecified atom stereocenters. The molecule has 30 heteroatoms. The molecule has 0 radical (unpaired) electrons. The summed E-state index contributed by atoms with van der Waals surface area (Å²) < 4.78 is 23.8. The molecule has 11 heterocycles. The van der Waals surface area contributed by atoms with Crippen LogP contribution in [0, 0.1) is 0 Å². The molecule has 0 spiro atoms. The molecule has 1 aliphatic carbocycles. The van der Waals surface area contributed by atoms with E-state index < -0.39 is 0 Å². The predicted octanol–water partition coefficient (Wildman–Crippen LogP) is 9.89. The summed E-state index contributed by atoms with van der Waals surface area (Å²) in [5.74, 6) is 12.9. The van der Waals surface area contributed by atoms with Gasteiger partial charge in [0.25, 0.3) is 17.7 Å². The second-order valence-electron chi connectivity index (χ2n) is 24.5. The van der Waals surface area contributed by atoms with E-state index in [-0.39, 0.29) is 29.9 Å². The number of nitrogens with zero attached hydrogens (tertiary/aromatic N) is 15. The first-order chi connectivity index (χ1) is 46.7. The zero-order valence-corrected chi connectivity index (χ0v) is 60.4. The summed E-state index contributed by atoms with van der Waals surface area (Å²) in [7, 11) is 4.89. The molecule has 9 aliphatic rings. The fourth-order valence-electron chi connectivity index (χ4n) is 13.7. The number of carbonyl (C=O) groups excluding carboxylic acids is 3. The first kappa shape index (κ1) is 67.4. The molecule has 3 aromatic heterocycles. The molecule has 25 nitrogen and oxygen atoms in total. The maximum Gasteiger partial charge on any atom is 0.281 e. The van der Waals surface area contributed by atoms with Crippen LogP contribution in [0.3, 0.4) is 0 Å². The van der Waals surface area contributed by atoms with Crippen molar-refractivity contribution in [3.8, 4) is 17.2 Å². The molecule has 3 amide bonds. The van der Waals surface area contributed by atoms with Crippen molar-refractivity contribution in [2.75, 3.05) is 134 Å². The number of hydrogen-bond acceptors (Lipinski definition) is 21. The third-order valence-electron chi connectivity index (χ3n) is 18.6. The van der Waals surface area contributed by atoms with Crippen LogP contribution < -0.4 is 44.9 Å². The first-order valence-corrected chi connectivity index (χ1v) is 37.3. The van der Waals surface area contributed by atoms with Crippen LogP contribution in [-0.2, 0) is 19.6 Å². The van der Waals surface area contributed by atoms with E-state index in [0.29, 0.717) is 141 Å². The van der Waals surface area contributed by atoms with Crippen molar-refractivity contribution < 1.29 is 33.7 Å². The Labute approximate surface area is 589 Å². The Morgan fingerprint density at radius 3 is 1.19 bits per heavy atom. The van der Waals surface area contributed by atoms with E-state index in [0.717, 1.165) is 135 Å². The monoisotopic (exact) mass is 1490 g/mol. The Hall–Kier alpha value is -7.18. The summed E-state index contributed by atoms with van der Waals surface area (Å²) >= 11 is 17.5. The number of aliphatic imine (C=N–C) groups is 3. The summed E-state index contributed by atoms with van der Waals surface area (Å²) in [5.41, 5.74) is 4.87. The molecule has 96 heavy (non-hydrogen) atoms. The number of aromatic nitrogens is 6. The van der Waals surface area contributed by atoms with Crippen LogP contribution in [0.4, 0.5) is 35.3 Å². The molecular formula is C66H81Br2ClN18O7S2. The lowest BCUT2D eigenvalue weighted by molar-refractivity contribution is 0.0828. The van der Waals surface area contributed by atoms with Crippen LogP contribution in [0.5, 0.6) is 17.2 Å². The Morgan fingerprint density at radius 2 is 0.865 bits per heavy atom. The molecule has 4 N–H and O–H groups in total. The van der Waals surface area contributed by atoms with Crippen LogP contribution in [0.1, 0.15) is 114 Å². The van der Waals surface area contributed by atoms with Gasteiger partial charge in [-0.3, -0.25) is 72.5 Å². The maximum absolute atomic E-state index is 13.6. The summed E-state index contributed by atoms with van der Waals surface area (Å²) in [4.78, 5) is 80.6. The van der Waals surface area contributed by atoms with E-state index in [4.69, 9.17) is 40.8 Å². The minimum absolute atomic E-state index is 0.0354. The number of methoxy groups -OCH3 is 3. The van der Waals surface area contributed by atoms with E-state index in [1.807, 2.05) is 117 Å². The number of amides is 3. The Morgan fingerprint density at radius 1 is 0.510 bits per heavy atom. The highest BCUT2D eigenvalue weighted by atomic mass is 79.9. The van der Waals surface area contributed by atoms with E-state index in [9.17, 15) is 19.5 Å². The maximum atomic E-state index is 13.6. The molecule has 15 rings (SSSR count). The lowest BCUT2D eigenvalue weighted by atomic mass is 10.1. The van der Waals surface area contributed by atoms with Crippen LogP contribution in [0.15, 0.2) is 78.5 Å². The van der Waals surface area contributed by atoms with Crippen molar-refractivity contribution in [1.29, 1.82) is 0 Å². The van der Waals surface area contributed by atoms with Gasteiger partial charge in [0.15, 0.2) is 34.5 Å². The molecule has 1 saturated carbocycles. The Bertz CT molecular complexity index is 3640. The third kappa shape index (κ3) is 13.4. The number of carbonyl (C=O) groups is 3. The highest BCUT2D eigenvalue weighted by molar-refractivity contribution is 9.11. The zero-order valence-electron chi connectivity index (χ0n) is 54.8. The summed E-state index contributed by atoms with van der Waals surface area (Å²) in [6.07, 6.45) is 6.40. The van der Waals surface area contributed by atoms with Crippen molar-refractivity contribution in [3.63, 3.8) is 0 Å². The summed E-state index contributed by atoms with van der Waals surface area (Å²) in [6.45, 7) is 13.3. The zero-order chi connectivity index (χ0) is 66.9. The van der Waals surface area contributed by atoms with Crippen molar-refractivity contribution >= 4 is 138 Å². The number of benzene rings is 3. The third-order valence-corrected chi connectivity index (χ3v) is 22.2. The normalized spacial score (nSPS) is 19.7. The number of nitrogens with one attached hydrogen (secondary N) is 3. The molecular weight excluding hydrogens is 1420 g/mol. The van der Waals surface area contributed by atoms with E-state index in [2.05, 4.69) is 72.6 Å². The highest BCUT2D eigenvalue weighted by Gasteiger charge is 2.45. The topological polar surface area (TPSA) is 245 Å². The number of aliphatic hydroxyl groups excluding tert-OH is 1. The Balaban J connectivity index is 0.000000130. The van der Waals surface area contributed by atoms with Crippen molar-refractivity contribution in [2.24, 2.45) is 15.0 Å². The largest absolute Gasteiger partial charge is 0.496 e. The minimum Gasteiger partial charge on any atom is -0.496 e. The van der Waals surface area contributed by atoms with Gasteiger partial charge in [0.2, 0.25) is 35.7 Å². The molecule has 3 aromatic carbocycles. The summed E-state index contributed by atoms with van der Waals surface area (Å²) in [5, 5.41) is 21.3. The van der Waals surface area contributed by atoms with Gasteiger partial charge in [0, 0.05) is 57.4 Å². The van der Waals surface area contributed by atoms with Gasteiger partial charge in [0.1, 0.15) is 17.2 Å². The first-order valence-electron chi connectivity index (χ1n) is 33.0. The highest BCUT2D eigenvalue weighted by Crippen LogP contribution is 2.40. The molecule has 8 aliphatic heterocycles. The van der Waals surface area contributed by atoms with Gasteiger partial charge in [-0.2, -0.15) is 38.5 Å². The molecule has 510 valence electrons. The van der Waals surface area contributed by atoms with Gasteiger partial charge < -0.3 is 35.3 Å². The fraction of sp³-hybridized carbons (Fsp3) is 0.500. The number of guanidine groups is 3. The molecule has 2 atom stereocenters. The van der Waals surface area contributed by atoms with Gasteiger partial charge in [-0.25, -0.2) is 0 Å². The number of fused-ring (bicyclic) bond motifs is 9. The minimum atomic E-state index is -0.294. The van der Waals surface area contributed by atoms with Crippen LogP contribution >= 0.6 is 67.0 Å². The number of thioether (sulfide) groups is 2. The smallest absolute Gasteiger partial charge is 0.281 e. The van der Waals surface area contributed by atoms with Gasteiger partial charge in [-0.15, -0.1) is 0 Å². The standard InChI is InChI=1S/C22H27BrN6O3.C22H27BrN6O2S.C22H27ClN6O2S/c1-3-27-20(31)18-19(28-9-8-24-22(27)28)26-21(25-14-5-6-15(30)11-14)29(18)12-13-4-7-17(32-2)16(23)10-13;2*1-3-27-20(30)18-19(28-9-8-24-22(27)28)26-21(25-15-6-10-32-11-7-15)29(18)13-14-4-5-17(31-2)16(23)12-14/h4,7,10,14-15,30H,3,5-6,8-9,11-12H2,1-2H3,(H,25,26);2*4-5,12,15H,3,6-11,13H2,1-2H3,(H,25,26)/t14-,15+;;/m1../s1. The molecule has 2 saturated heterocycles. The van der Waals surface area contributed by atoms with Gasteiger partial charge in [0.05, 0.1) is 80.7 Å². The van der Waals surface area contributed by atoms with E-state index in [1.165, 1.54) is 0 Å². The average Bonchev–Trinajstić information content (AvgIpc) is 1.60. The lowest BCUT2D eigenvalue weighted by Gasteiger charge is -2.32. The number of imidazole rings is 3. The van der Waals surface area contributed by atoms with Gasteiger partial charge in [-0.1, -0.05) is 29.8 Å². The van der Waals surface area contributed by atoms with Gasteiger partial charge in [-0.05, 0) is 174 Å². The average molecular weight is 1500 g/mol. The molecule has 3 fully saturated rings. The second-order valence-corrected chi connectivity index (χ2v) is 29.1. The van der Waals surface area contributed by atoms with Crippen LogP contribution in [0.2, 0.25) is 5.02 Å². The van der Waals surface area contributed by atoms with Crippen LogP contribution in [0.25, 0.3) is 0 Å².